The summed E-state index contributed by atoms with van der Waals surface area (Å²) in [6, 6.07) is 10.5. The number of carbonyl (C=O) groups is 4. The Kier molecular flexibility index (Phi) is 6.49. The van der Waals surface area contributed by atoms with Gasteiger partial charge in [0.1, 0.15) is 11.4 Å². The summed E-state index contributed by atoms with van der Waals surface area (Å²) in [6.45, 7) is 0. The van der Waals surface area contributed by atoms with Gasteiger partial charge < -0.3 is 15.3 Å². The van der Waals surface area contributed by atoms with Crippen LogP contribution < -0.4 is 5.32 Å². The average molecular weight is 475 g/mol. The molecule has 2 amide bonds. The Bertz CT molecular complexity index is 1040. The number of hydrogen-bond acceptors (Lipinski definition) is 7. The van der Waals surface area contributed by atoms with Crippen LogP contribution in [0.1, 0.15) is 15.2 Å². The summed E-state index contributed by atoms with van der Waals surface area (Å²) >= 11 is 3.76. The lowest BCUT2D eigenvalue weighted by molar-refractivity contribution is -0.160. The van der Waals surface area contributed by atoms with Gasteiger partial charge in [0.05, 0.1) is 6.42 Å². The maximum absolute atomic E-state index is 12.7. The van der Waals surface area contributed by atoms with Gasteiger partial charge in [-0.15, -0.1) is 23.1 Å². The van der Waals surface area contributed by atoms with Crippen molar-refractivity contribution in [3.8, 4) is 0 Å². The van der Waals surface area contributed by atoms with E-state index in [-0.39, 0.29) is 23.2 Å². The van der Waals surface area contributed by atoms with E-state index in [0.717, 1.165) is 16.6 Å². The van der Waals surface area contributed by atoms with Crippen molar-refractivity contribution >= 4 is 57.8 Å². The first-order valence-electron chi connectivity index (χ1n) is 9.39. The van der Waals surface area contributed by atoms with Crippen molar-refractivity contribution in [2.75, 3.05) is 5.75 Å². The number of nitrogens with one attached hydrogen (secondary N) is 1. The fraction of sp³-hybridized carbons (Fsp3) is 0.238. The Morgan fingerprint density at radius 1 is 1.13 bits per heavy atom. The lowest BCUT2D eigenvalue weighted by Crippen LogP contribution is -2.74. The Labute approximate surface area is 190 Å². The highest BCUT2D eigenvalue weighted by atomic mass is 32.2. The van der Waals surface area contributed by atoms with Gasteiger partial charge in [-0.3, -0.25) is 14.4 Å². The molecular weight excluding hydrogens is 456 g/mol. The van der Waals surface area contributed by atoms with Crippen molar-refractivity contribution in [3.05, 3.63) is 69.3 Å². The number of hydrogen-bond donors (Lipinski definition) is 2. The molecule has 2 unspecified atom stereocenters. The van der Waals surface area contributed by atoms with E-state index in [1.165, 1.54) is 28.0 Å². The smallest absolute Gasteiger partial charge is 0.330 e. The van der Waals surface area contributed by atoms with E-state index in [1.807, 2.05) is 23.6 Å². The molecular formula is C21H18N2O5S3. The molecule has 10 heteroatoms. The zero-order valence-corrected chi connectivity index (χ0v) is 18.5. The molecule has 0 bridgehead atoms. The van der Waals surface area contributed by atoms with Gasteiger partial charge in [0.15, 0.2) is 6.04 Å². The molecule has 0 aliphatic carbocycles. The first-order chi connectivity index (χ1) is 15.0. The largest absolute Gasteiger partial charge is 0.479 e. The minimum absolute atomic E-state index is 0.161. The van der Waals surface area contributed by atoms with E-state index in [0.29, 0.717) is 11.1 Å². The number of benzene rings is 1. The van der Waals surface area contributed by atoms with Crippen LogP contribution in [0.5, 0.6) is 0 Å². The van der Waals surface area contributed by atoms with E-state index < -0.39 is 29.3 Å². The minimum atomic E-state index is -1.15. The zero-order valence-electron chi connectivity index (χ0n) is 16.1. The van der Waals surface area contributed by atoms with Gasteiger partial charge >= 0.3 is 5.97 Å². The Morgan fingerprint density at radius 3 is 2.58 bits per heavy atom. The van der Waals surface area contributed by atoms with Gasteiger partial charge in [-0.25, -0.2) is 4.79 Å². The number of rotatable bonds is 7. The van der Waals surface area contributed by atoms with Crippen molar-refractivity contribution in [1.82, 2.24) is 10.2 Å². The van der Waals surface area contributed by atoms with Gasteiger partial charge in [0.25, 0.3) is 0 Å². The molecule has 2 aliphatic heterocycles. The molecule has 3 heterocycles. The third-order valence-corrected chi connectivity index (χ3v) is 7.98. The zero-order chi connectivity index (χ0) is 22.0. The Hall–Kier alpha value is -2.56. The fourth-order valence-electron chi connectivity index (χ4n) is 3.43. The molecule has 1 aromatic carbocycles. The van der Waals surface area contributed by atoms with Gasteiger partial charge in [-0.05, 0) is 22.4 Å². The van der Waals surface area contributed by atoms with E-state index in [9.17, 15) is 24.3 Å². The maximum Gasteiger partial charge on any atom is 0.330 e. The molecule has 1 fully saturated rings. The molecule has 4 rings (SSSR count). The van der Waals surface area contributed by atoms with Crippen LogP contribution >= 0.6 is 34.9 Å². The summed E-state index contributed by atoms with van der Waals surface area (Å²) in [7, 11) is 0. The number of carboxylic acids is 1. The van der Waals surface area contributed by atoms with Crippen molar-refractivity contribution in [2.45, 2.75) is 23.9 Å². The van der Waals surface area contributed by atoms with Crippen molar-refractivity contribution < 1.29 is 24.3 Å². The first-order valence-corrected chi connectivity index (χ1v) is 12.2. The molecule has 7 nitrogen and oxygen atoms in total. The average Bonchev–Trinajstić information content (AvgIpc) is 3.28. The lowest BCUT2D eigenvalue weighted by Gasteiger charge is -2.51. The van der Waals surface area contributed by atoms with Crippen LogP contribution in [0.3, 0.4) is 0 Å². The quantitative estimate of drug-likeness (QED) is 0.595. The topological polar surface area (TPSA) is 104 Å². The second-order valence-corrected chi connectivity index (χ2v) is 9.92. The van der Waals surface area contributed by atoms with Crippen LogP contribution in [0, 0.1) is 0 Å². The second-order valence-electron chi connectivity index (χ2n) is 6.95. The van der Waals surface area contributed by atoms with Crippen molar-refractivity contribution in [1.29, 1.82) is 0 Å². The van der Waals surface area contributed by atoms with Crippen molar-refractivity contribution in [2.24, 2.45) is 0 Å². The number of amides is 2. The third-order valence-electron chi connectivity index (χ3n) is 4.91. The molecule has 0 spiro atoms. The van der Waals surface area contributed by atoms with Crippen LogP contribution in [0.15, 0.2) is 58.8 Å². The molecule has 3 atom stereocenters. The summed E-state index contributed by atoms with van der Waals surface area (Å²) in [5.41, 5.74) is 1.02. The number of aliphatic carboxylic acids is 1. The highest BCUT2D eigenvalue weighted by Gasteiger charge is 2.55. The minimum Gasteiger partial charge on any atom is -0.479 e. The highest BCUT2D eigenvalue weighted by molar-refractivity contribution is 8.14. The molecule has 2 aliphatic rings. The highest BCUT2D eigenvalue weighted by Crippen LogP contribution is 2.41. The normalized spacial score (nSPS) is 22.2. The van der Waals surface area contributed by atoms with Gasteiger partial charge in [0, 0.05) is 16.2 Å². The molecule has 1 aromatic heterocycles. The summed E-state index contributed by atoms with van der Waals surface area (Å²) in [6.07, 6.45) is 0.181. The number of carboxylic acid groups (broad SMARTS) is 1. The third kappa shape index (κ3) is 4.56. The van der Waals surface area contributed by atoms with Crippen LogP contribution in [-0.2, 0) is 20.8 Å². The predicted molar refractivity (Wildman–Crippen MR) is 121 cm³/mol. The van der Waals surface area contributed by atoms with Gasteiger partial charge in [-0.2, -0.15) is 0 Å². The summed E-state index contributed by atoms with van der Waals surface area (Å²) in [5.74, 6) is -1.67. The fourth-order valence-corrected chi connectivity index (χ4v) is 6.31. The molecule has 1 saturated heterocycles. The standard InChI is InChI=1S/C21H18N2O5S3/c24-15(9-14-7-4-8-29-14)22-16-18(25)23-17(20(26)27)13(10-30-19(16)23)11-31-21(28)12-5-2-1-3-6-12/h1-8,10,16-17,19H,9,11H2,(H,22,24)(H,26,27)/t16?,17?,19-/m0/s1. The van der Waals surface area contributed by atoms with Gasteiger partial charge in [-0.1, -0.05) is 48.2 Å². The van der Waals surface area contributed by atoms with E-state index in [4.69, 9.17) is 0 Å². The van der Waals surface area contributed by atoms with Crippen LogP contribution in [0.25, 0.3) is 0 Å². The van der Waals surface area contributed by atoms with Crippen molar-refractivity contribution in [3.63, 3.8) is 0 Å². The van der Waals surface area contributed by atoms with Crippen LogP contribution in [0.4, 0.5) is 0 Å². The summed E-state index contributed by atoms with van der Waals surface area (Å²) in [4.78, 5) is 51.4. The molecule has 0 radical (unpaired) electrons. The SMILES string of the molecule is O=C(Cc1cccs1)NC1C(=O)N2C(C(=O)O)C(CSC(=O)c3ccccc3)=CS[C@@H]12. The van der Waals surface area contributed by atoms with E-state index in [2.05, 4.69) is 5.32 Å². The molecule has 2 aromatic rings. The van der Waals surface area contributed by atoms with E-state index in [1.54, 1.807) is 29.7 Å². The number of thioether (sulfide) groups is 2. The molecule has 2 N–H and O–H groups in total. The van der Waals surface area contributed by atoms with E-state index >= 15 is 0 Å². The van der Waals surface area contributed by atoms with Crippen LogP contribution in [0.2, 0.25) is 0 Å². The molecule has 31 heavy (non-hydrogen) atoms. The Balaban J connectivity index is 1.41. The second kappa shape index (κ2) is 9.29. The molecule has 0 saturated carbocycles. The summed E-state index contributed by atoms with van der Waals surface area (Å²) < 4.78 is 0. The van der Waals surface area contributed by atoms with Crippen LogP contribution in [-0.4, -0.2) is 56.1 Å². The number of fused-ring (bicyclic) bond motifs is 1. The predicted octanol–water partition coefficient (Wildman–Crippen LogP) is 2.60. The molecule has 160 valence electrons. The number of β-lactam (4-membered cyclic amide) rings is 1. The number of thiophene rings is 1. The number of carbonyl (C=O) groups excluding carboxylic acids is 3. The maximum atomic E-state index is 12.7. The lowest BCUT2D eigenvalue weighted by atomic mass is 9.98. The monoisotopic (exact) mass is 474 g/mol. The number of nitrogens with zero attached hydrogens (tertiary/aromatic N) is 1. The first kappa shape index (κ1) is 21.7. The Morgan fingerprint density at radius 2 is 1.90 bits per heavy atom. The summed E-state index contributed by atoms with van der Waals surface area (Å²) in [5, 5.41) is 15.4. The van der Waals surface area contributed by atoms with Gasteiger partial charge in [0.2, 0.25) is 16.9 Å².